The Morgan fingerprint density at radius 3 is 2.67 bits per heavy atom. The number of amides is 1. The summed E-state index contributed by atoms with van der Waals surface area (Å²) in [7, 11) is 0. The molecule has 3 heteroatoms. The first-order valence-electron chi connectivity index (χ1n) is 4.25. The molecule has 0 spiro atoms. The monoisotopic (exact) mass is 169 g/mol. The van der Waals surface area contributed by atoms with E-state index in [-0.39, 0.29) is 18.1 Å². The highest BCUT2D eigenvalue weighted by Gasteiger charge is 2.37. The molecule has 2 N–H and O–H groups in total. The van der Waals surface area contributed by atoms with E-state index in [1.807, 2.05) is 0 Å². The molecule has 0 aromatic carbocycles. The van der Waals surface area contributed by atoms with Gasteiger partial charge in [0.1, 0.15) is 0 Å². The van der Waals surface area contributed by atoms with Gasteiger partial charge in [0.2, 0.25) is 5.91 Å². The molecule has 1 amide bonds. The van der Waals surface area contributed by atoms with E-state index < -0.39 is 0 Å². The van der Waals surface area contributed by atoms with Crippen molar-refractivity contribution in [3.05, 3.63) is 12.7 Å². The lowest BCUT2D eigenvalue weighted by Crippen LogP contribution is -2.56. The lowest BCUT2D eigenvalue weighted by atomic mass is 9.77. The van der Waals surface area contributed by atoms with Crippen molar-refractivity contribution >= 4 is 5.91 Å². The van der Waals surface area contributed by atoms with Crippen LogP contribution in [-0.2, 0) is 4.79 Å². The Hall–Kier alpha value is -0.830. The summed E-state index contributed by atoms with van der Waals surface area (Å²) in [6, 6.07) is 0. The maximum absolute atomic E-state index is 11.1. The standard InChI is InChI=1S/C9H15NO2/c1-2-4-8(12)10-9(7-11)5-3-6-9/h2,11H,1,3-7H2,(H,10,12). The lowest BCUT2D eigenvalue weighted by Gasteiger charge is -2.40. The minimum absolute atomic E-state index is 0.0428. The number of rotatable bonds is 4. The fourth-order valence-electron chi connectivity index (χ4n) is 1.40. The molecule has 0 aliphatic heterocycles. The molecule has 0 atom stereocenters. The van der Waals surface area contributed by atoms with Crippen molar-refractivity contribution in [1.82, 2.24) is 5.32 Å². The average molecular weight is 169 g/mol. The van der Waals surface area contributed by atoms with Gasteiger partial charge < -0.3 is 10.4 Å². The molecule has 0 heterocycles. The maximum Gasteiger partial charge on any atom is 0.224 e. The highest BCUT2D eigenvalue weighted by molar-refractivity contribution is 5.78. The van der Waals surface area contributed by atoms with Gasteiger partial charge >= 0.3 is 0 Å². The smallest absolute Gasteiger partial charge is 0.224 e. The molecular weight excluding hydrogens is 154 g/mol. The highest BCUT2D eigenvalue weighted by atomic mass is 16.3. The number of aliphatic hydroxyl groups excluding tert-OH is 1. The second-order valence-corrected chi connectivity index (χ2v) is 3.33. The Morgan fingerprint density at radius 1 is 1.67 bits per heavy atom. The largest absolute Gasteiger partial charge is 0.394 e. The molecule has 1 aliphatic rings. The van der Waals surface area contributed by atoms with E-state index in [9.17, 15) is 4.79 Å². The van der Waals surface area contributed by atoms with Gasteiger partial charge in [-0.2, -0.15) is 0 Å². The minimum atomic E-state index is -0.305. The number of hydrogen-bond donors (Lipinski definition) is 2. The Bertz CT molecular complexity index is 179. The molecule has 0 saturated heterocycles. The molecule has 68 valence electrons. The molecule has 12 heavy (non-hydrogen) atoms. The summed E-state index contributed by atoms with van der Waals surface area (Å²) in [6.45, 7) is 3.53. The average Bonchev–Trinajstić information content (AvgIpc) is 1.97. The van der Waals surface area contributed by atoms with E-state index in [1.165, 1.54) is 0 Å². The van der Waals surface area contributed by atoms with Crippen molar-refractivity contribution in [2.24, 2.45) is 0 Å². The molecule has 0 aromatic rings. The molecule has 0 unspecified atom stereocenters. The number of nitrogens with one attached hydrogen (secondary N) is 1. The molecular formula is C9H15NO2. The molecule has 1 saturated carbocycles. The van der Waals surface area contributed by atoms with Crippen LogP contribution in [0.15, 0.2) is 12.7 Å². The predicted molar refractivity (Wildman–Crippen MR) is 46.6 cm³/mol. The number of carbonyl (C=O) groups is 1. The second-order valence-electron chi connectivity index (χ2n) is 3.33. The number of aliphatic hydroxyl groups is 1. The van der Waals surface area contributed by atoms with Gasteiger partial charge in [-0.25, -0.2) is 0 Å². The molecule has 3 nitrogen and oxygen atoms in total. The third kappa shape index (κ3) is 1.85. The predicted octanol–water partition coefficient (Wildman–Crippen LogP) is 0.594. The fourth-order valence-corrected chi connectivity index (χ4v) is 1.40. The van der Waals surface area contributed by atoms with Crippen LogP contribution < -0.4 is 5.32 Å². The van der Waals surface area contributed by atoms with Crippen LogP contribution in [0.2, 0.25) is 0 Å². The van der Waals surface area contributed by atoms with Gasteiger partial charge in [0, 0.05) is 6.42 Å². The van der Waals surface area contributed by atoms with Crippen LogP contribution in [0.3, 0.4) is 0 Å². The van der Waals surface area contributed by atoms with Crippen molar-refractivity contribution in [3.8, 4) is 0 Å². The third-order valence-electron chi connectivity index (χ3n) is 2.35. The second kappa shape index (κ2) is 3.72. The van der Waals surface area contributed by atoms with Crippen molar-refractivity contribution in [1.29, 1.82) is 0 Å². The van der Waals surface area contributed by atoms with Gasteiger partial charge in [0.15, 0.2) is 0 Å². The molecule has 1 fully saturated rings. The van der Waals surface area contributed by atoms with Gasteiger partial charge in [-0.3, -0.25) is 4.79 Å². The van der Waals surface area contributed by atoms with E-state index in [0.29, 0.717) is 6.42 Å². The summed E-state index contributed by atoms with van der Waals surface area (Å²) in [4.78, 5) is 11.1. The molecule has 0 aromatic heterocycles. The van der Waals surface area contributed by atoms with Crippen LogP contribution in [-0.4, -0.2) is 23.2 Å². The Labute approximate surface area is 72.5 Å². The first-order chi connectivity index (χ1) is 5.72. The van der Waals surface area contributed by atoms with Crippen LogP contribution in [0, 0.1) is 0 Å². The maximum atomic E-state index is 11.1. The van der Waals surface area contributed by atoms with Gasteiger partial charge in [0.05, 0.1) is 12.1 Å². The summed E-state index contributed by atoms with van der Waals surface area (Å²) in [5.74, 6) is -0.0428. The topological polar surface area (TPSA) is 49.3 Å². The van der Waals surface area contributed by atoms with Crippen LogP contribution in [0.4, 0.5) is 0 Å². The van der Waals surface area contributed by atoms with Crippen LogP contribution in [0.5, 0.6) is 0 Å². The number of carbonyl (C=O) groups excluding carboxylic acids is 1. The third-order valence-corrected chi connectivity index (χ3v) is 2.35. The first kappa shape index (κ1) is 9.26. The van der Waals surface area contributed by atoms with Crippen LogP contribution >= 0.6 is 0 Å². The summed E-state index contributed by atoms with van der Waals surface area (Å²) >= 11 is 0. The zero-order valence-electron chi connectivity index (χ0n) is 7.18. The molecule has 0 radical (unpaired) electrons. The summed E-state index contributed by atoms with van der Waals surface area (Å²) < 4.78 is 0. The van der Waals surface area contributed by atoms with Gasteiger partial charge in [-0.15, -0.1) is 6.58 Å². The fraction of sp³-hybridized carbons (Fsp3) is 0.667. The van der Waals surface area contributed by atoms with Crippen molar-refractivity contribution in [2.75, 3.05) is 6.61 Å². The first-order valence-corrected chi connectivity index (χ1v) is 4.25. The van der Waals surface area contributed by atoms with Gasteiger partial charge in [-0.1, -0.05) is 6.08 Å². The summed E-state index contributed by atoms with van der Waals surface area (Å²) in [5, 5.41) is 11.8. The summed E-state index contributed by atoms with van der Waals surface area (Å²) in [6.07, 6.45) is 4.79. The zero-order chi connectivity index (χ0) is 9.03. The van der Waals surface area contributed by atoms with E-state index in [4.69, 9.17) is 5.11 Å². The molecule has 1 aliphatic carbocycles. The van der Waals surface area contributed by atoms with E-state index >= 15 is 0 Å². The summed E-state index contributed by atoms with van der Waals surface area (Å²) in [5.41, 5.74) is -0.305. The van der Waals surface area contributed by atoms with E-state index in [1.54, 1.807) is 6.08 Å². The Kier molecular flexibility index (Phi) is 2.87. The van der Waals surface area contributed by atoms with E-state index in [2.05, 4.69) is 11.9 Å². The molecule has 1 rings (SSSR count). The highest BCUT2D eigenvalue weighted by Crippen LogP contribution is 2.31. The SMILES string of the molecule is C=CCC(=O)NC1(CO)CCC1. The normalized spacial score (nSPS) is 19.4. The van der Waals surface area contributed by atoms with Gasteiger partial charge in [0.25, 0.3) is 0 Å². The van der Waals surface area contributed by atoms with Crippen molar-refractivity contribution in [2.45, 2.75) is 31.2 Å². The van der Waals surface area contributed by atoms with Crippen LogP contribution in [0.25, 0.3) is 0 Å². The van der Waals surface area contributed by atoms with Crippen molar-refractivity contribution < 1.29 is 9.90 Å². The van der Waals surface area contributed by atoms with E-state index in [0.717, 1.165) is 19.3 Å². The Balaban J connectivity index is 2.37. The number of hydrogen-bond acceptors (Lipinski definition) is 2. The Morgan fingerprint density at radius 2 is 2.33 bits per heavy atom. The van der Waals surface area contributed by atoms with Crippen molar-refractivity contribution in [3.63, 3.8) is 0 Å². The molecule has 0 bridgehead atoms. The van der Waals surface area contributed by atoms with Crippen LogP contribution in [0.1, 0.15) is 25.7 Å². The quantitative estimate of drug-likeness (QED) is 0.605. The zero-order valence-corrected chi connectivity index (χ0v) is 7.18. The lowest BCUT2D eigenvalue weighted by molar-refractivity contribution is -0.124. The van der Waals surface area contributed by atoms with Gasteiger partial charge in [-0.05, 0) is 19.3 Å². The minimum Gasteiger partial charge on any atom is -0.394 e.